The van der Waals surface area contributed by atoms with Crippen LogP contribution in [0.4, 0.5) is 0 Å². The van der Waals surface area contributed by atoms with Crippen LogP contribution >= 0.6 is 0 Å². The zero-order valence-electron chi connectivity index (χ0n) is 12.6. The zero-order valence-corrected chi connectivity index (χ0v) is 12.6. The Balaban J connectivity index is 2.11. The van der Waals surface area contributed by atoms with Gasteiger partial charge in [0, 0.05) is 25.7 Å². The summed E-state index contributed by atoms with van der Waals surface area (Å²) in [5.41, 5.74) is -0.738. The highest BCUT2D eigenvalue weighted by molar-refractivity contribution is 5.80. The molecule has 1 saturated heterocycles. The van der Waals surface area contributed by atoms with E-state index < -0.39 is 11.5 Å². The van der Waals surface area contributed by atoms with Crippen molar-refractivity contribution in [1.82, 2.24) is 10.2 Å². The van der Waals surface area contributed by atoms with Gasteiger partial charge in [-0.25, -0.2) is 0 Å². The Kier molecular flexibility index (Phi) is 4.21. The highest BCUT2D eigenvalue weighted by Crippen LogP contribution is 2.41. The minimum atomic E-state index is -0.738. The fourth-order valence-electron chi connectivity index (χ4n) is 3.42. The number of hydrogen-bond donors (Lipinski definition) is 2. The number of aliphatic carboxylic acids is 1. The molecule has 1 aliphatic heterocycles. The van der Waals surface area contributed by atoms with E-state index in [1.165, 1.54) is 0 Å². The summed E-state index contributed by atoms with van der Waals surface area (Å²) in [7, 11) is 0. The lowest BCUT2D eigenvalue weighted by Gasteiger charge is -2.36. The summed E-state index contributed by atoms with van der Waals surface area (Å²) in [6.45, 7) is 11.3. The fraction of sp³-hybridized carbons (Fsp3) is 0.933. The zero-order chi connectivity index (χ0) is 14.2. The minimum absolute atomic E-state index is 0.203. The molecule has 2 N–H and O–H groups in total. The van der Waals surface area contributed by atoms with Crippen molar-refractivity contribution in [3.8, 4) is 0 Å². The van der Waals surface area contributed by atoms with Crippen molar-refractivity contribution >= 4 is 5.97 Å². The topological polar surface area (TPSA) is 52.6 Å². The molecule has 0 bridgehead atoms. The molecule has 3 atom stereocenters. The van der Waals surface area contributed by atoms with E-state index in [1.807, 2.05) is 13.8 Å². The van der Waals surface area contributed by atoms with Crippen molar-refractivity contribution in [1.29, 1.82) is 0 Å². The lowest BCUT2D eigenvalue weighted by atomic mass is 9.91. The SMILES string of the molecule is CC(C)NC(CN1CC(C)C(C)C1)(C(=O)O)C1CC1. The van der Waals surface area contributed by atoms with Crippen molar-refractivity contribution in [3.63, 3.8) is 0 Å². The number of carboxylic acid groups (broad SMARTS) is 1. The molecule has 4 nitrogen and oxygen atoms in total. The predicted molar refractivity (Wildman–Crippen MR) is 76.1 cm³/mol. The first-order chi connectivity index (χ1) is 8.85. The maximum atomic E-state index is 11.9. The van der Waals surface area contributed by atoms with Crippen molar-refractivity contribution in [3.05, 3.63) is 0 Å². The van der Waals surface area contributed by atoms with Crippen LogP contribution in [0.3, 0.4) is 0 Å². The van der Waals surface area contributed by atoms with Gasteiger partial charge in [0.15, 0.2) is 0 Å². The first-order valence-corrected chi connectivity index (χ1v) is 7.58. The molecule has 2 aliphatic rings. The molecule has 19 heavy (non-hydrogen) atoms. The van der Waals surface area contributed by atoms with Gasteiger partial charge >= 0.3 is 5.97 Å². The van der Waals surface area contributed by atoms with Gasteiger partial charge in [0.2, 0.25) is 0 Å². The Morgan fingerprint density at radius 1 is 1.32 bits per heavy atom. The van der Waals surface area contributed by atoms with E-state index in [-0.39, 0.29) is 6.04 Å². The summed E-state index contributed by atoms with van der Waals surface area (Å²) in [5.74, 6) is 0.976. The molecule has 3 unspecified atom stereocenters. The van der Waals surface area contributed by atoms with E-state index in [1.54, 1.807) is 0 Å². The highest BCUT2D eigenvalue weighted by Gasteiger charge is 2.52. The van der Waals surface area contributed by atoms with Crippen LogP contribution in [0.2, 0.25) is 0 Å². The molecule has 0 aromatic rings. The van der Waals surface area contributed by atoms with Crippen LogP contribution in [0.5, 0.6) is 0 Å². The second kappa shape index (κ2) is 5.41. The summed E-state index contributed by atoms with van der Waals surface area (Å²) in [5, 5.41) is 13.2. The third-order valence-electron chi connectivity index (χ3n) is 4.74. The van der Waals surface area contributed by atoms with Gasteiger partial charge in [-0.2, -0.15) is 0 Å². The molecular weight excluding hydrogens is 240 g/mol. The number of carboxylic acids is 1. The minimum Gasteiger partial charge on any atom is -0.480 e. The molecule has 0 amide bonds. The quantitative estimate of drug-likeness (QED) is 0.771. The number of carbonyl (C=O) groups is 1. The normalized spacial score (nSPS) is 31.6. The number of likely N-dealkylation sites (tertiary alicyclic amines) is 1. The largest absolute Gasteiger partial charge is 0.480 e. The molecule has 0 aromatic carbocycles. The van der Waals surface area contributed by atoms with E-state index in [0.717, 1.165) is 25.9 Å². The van der Waals surface area contributed by atoms with Crippen molar-refractivity contribution in [2.75, 3.05) is 19.6 Å². The molecule has 0 aromatic heterocycles. The average molecular weight is 268 g/mol. The molecule has 1 aliphatic carbocycles. The molecule has 0 spiro atoms. The van der Waals surface area contributed by atoms with E-state index in [2.05, 4.69) is 24.1 Å². The standard InChI is InChI=1S/C15H28N2O2/c1-10(2)16-15(14(18)19,13-5-6-13)9-17-7-11(3)12(4)8-17/h10-13,16H,5-9H2,1-4H3,(H,18,19). The van der Waals surface area contributed by atoms with E-state index in [0.29, 0.717) is 24.3 Å². The first-order valence-electron chi connectivity index (χ1n) is 7.58. The van der Waals surface area contributed by atoms with Crippen molar-refractivity contribution in [2.24, 2.45) is 17.8 Å². The van der Waals surface area contributed by atoms with Crippen LogP contribution in [0.15, 0.2) is 0 Å². The van der Waals surface area contributed by atoms with Gasteiger partial charge in [-0.05, 0) is 44.4 Å². The van der Waals surface area contributed by atoms with Gasteiger partial charge in [-0.1, -0.05) is 13.8 Å². The number of hydrogen-bond acceptors (Lipinski definition) is 3. The number of nitrogens with one attached hydrogen (secondary N) is 1. The second-order valence-corrected chi connectivity index (χ2v) is 7.00. The van der Waals surface area contributed by atoms with Gasteiger partial charge in [-0.15, -0.1) is 0 Å². The predicted octanol–water partition coefficient (Wildman–Crippen LogP) is 1.81. The summed E-state index contributed by atoms with van der Waals surface area (Å²) in [6, 6.07) is 0.203. The monoisotopic (exact) mass is 268 g/mol. The third-order valence-corrected chi connectivity index (χ3v) is 4.74. The Labute approximate surface area is 116 Å². The number of rotatable bonds is 6. The molecular formula is C15H28N2O2. The molecule has 2 rings (SSSR count). The van der Waals surface area contributed by atoms with Gasteiger partial charge in [0.25, 0.3) is 0 Å². The van der Waals surface area contributed by atoms with Crippen molar-refractivity contribution < 1.29 is 9.90 Å². The molecule has 110 valence electrons. The fourth-order valence-corrected chi connectivity index (χ4v) is 3.42. The maximum absolute atomic E-state index is 11.9. The van der Waals surface area contributed by atoms with Crippen molar-refractivity contribution in [2.45, 2.75) is 52.1 Å². The summed E-state index contributed by atoms with van der Waals surface area (Å²) >= 11 is 0. The van der Waals surface area contributed by atoms with Crippen LogP contribution in [-0.4, -0.2) is 47.2 Å². The average Bonchev–Trinajstić information content (AvgIpc) is 3.06. The van der Waals surface area contributed by atoms with Gasteiger partial charge in [-0.3, -0.25) is 10.1 Å². The smallest absolute Gasteiger partial charge is 0.325 e. The number of nitrogens with zero attached hydrogens (tertiary/aromatic N) is 1. The van der Waals surface area contributed by atoms with Gasteiger partial charge in [0.1, 0.15) is 5.54 Å². The van der Waals surface area contributed by atoms with E-state index in [9.17, 15) is 9.90 Å². The Hall–Kier alpha value is -0.610. The molecule has 4 heteroatoms. The Bertz CT molecular complexity index is 331. The Morgan fingerprint density at radius 3 is 2.21 bits per heavy atom. The first kappa shape index (κ1) is 14.8. The van der Waals surface area contributed by atoms with Crippen LogP contribution in [-0.2, 0) is 4.79 Å². The molecule has 2 fully saturated rings. The molecule has 1 saturated carbocycles. The van der Waals surface area contributed by atoms with Gasteiger partial charge in [0.05, 0.1) is 0 Å². The molecule has 1 heterocycles. The summed E-state index contributed by atoms with van der Waals surface area (Å²) in [4.78, 5) is 14.2. The summed E-state index contributed by atoms with van der Waals surface area (Å²) < 4.78 is 0. The van der Waals surface area contributed by atoms with E-state index in [4.69, 9.17) is 0 Å². The van der Waals surface area contributed by atoms with Crippen LogP contribution < -0.4 is 5.32 Å². The Morgan fingerprint density at radius 2 is 1.84 bits per heavy atom. The lowest BCUT2D eigenvalue weighted by molar-refractivity contribution is -0.147. The van der Waals surface area contributed by atoms with Crippen LogP contribution in [0, 0.1) is 17.8 Å². The van der Waals surface area contributed by atoms with Crippen LogP contribution in [0.1, 0.15) is 40.5 Å². The van der Waals surface area contributed by atoms with Gasteiger partial charge < -0.3 is 10.0 Å². The lowest BCUT2D eigenvalue weighted by Crippen LogP contribution is -2.62. The maximum Gasteiger partial charge on any atom is 0.325 e. The molecule has 0 radical (unpaired) electrons. The van der Waals surface area contributed by atoms with E-state index >= 15 is 0 Å². The second-order valence-electron chi connectivity index (χ2n) is 7.00. The summed E-state index contributed by atoms with van der Waals surface area (Å²) in [6.07, 6.45) is 2.09. The van der Waals surface area contributed by atoms with Crippen LogP contribution in [0.25, 0.3) is 0 Å². The highest BCUT2D eigenvalue weighted by atomic mass is 16.4. The third kappa shape index (κ3) is 3.11.